The molecule has 1 amide bonds. The van der Waals surface area contributed by atoms with Gasteiger partial charge in [-0.2, -0.15) is 0 Å². The minimum Gasteiger partial charge on any atom is -0.397 e. The number of hydrogen-bond acceptors (Lipinski definition) is 4. The zero-order valence-corrected chi connectivity index (χ0v) is 16.7. The summed E-state index contributed by atoms with van der Waals surface area (Å²) in [6.45, 7) is 1.71. The molecular weight excluding hydrogens is 587 g/mol. The maximum atomic E-state index is 11.9. The summed E-state index contributed by atoms with van der Waals surface area (Å²) in [5.74, 6) is -0.173. The van der Waals surface area contributed by atoms with Crippen LogP contribution in [0.1, 0.15) is 17.3 Å². The smallest absolute Gasteiger partial charge is 0.253 e. The van der Waals surface area contributed by atoms with Crippen molar-refractivity contribution in [3.8, 4) is 0 Å². The number of carbonyl (C=O) groups excluding carboxylic acids is 2. The lowest BCUT2D eigenvalue weighted by molar-refractivity contribution is -0.115. The molecule has 0 saturated heterocycles. The molecule has 0 aliphatic rings. The van der Waals surface area contributed by atoms with E-state index in [0.29, 0.717) is 11.3 Å². The Hall–Kier alpha value is 0.150. The highest BCUT2D eigenvalue weighted by atomic mass is 127. The maximum Gasteiger partial charge on any atom is 0.253 e. The van der Waals surface area contributed by atoms with Crippen LogP contribution in [-0.2, 0) is 4.79 Å². The third kappa shape index (κ3) is 3.83. The fourth-order valence-corrected chi connectivity index (χ4v) is 5.41. The molecule has 0 unspecified atom stereocenters. The van der Waals surface area contributed by atoms with Crippen molar-refractivity contribution in [1.29, 1.82) is 0 Å². The largest absolute Gasteiger partial charge is 0.397 e. The first-order chi connectivity index (χ1) is 8.81. The second-order valence-electron chi connectivity index (χ2n) is 3.74. The summed E-state index contributed by atoms with van der Waals surface area (Å²) in [5.41, 5.74) is 7.84. The molecule has 0 saturated carbocycles. The number of benzene rings is 1. The molecular formula is C11H12I3N3O2. The van der Waals surface area contributed by atoms with E-state index >= 15 is 0 Å². The summed E-state index contributed by atoms with van der Waals surface area (Å²) < 4.78 is 2.31. The van der Waals surface area contributed by atoms with Gasteiger partial charge in [-0.05, 0) is 74.7 Å². The minimum atomic E-state index is -0.192. The van der Waals surface area contributed by atoms with Crippen molar-refractivity contribution in [2.45, 2.75) is 6.92 Å². The molecule has 0 aliphatic carbocycles. The van der Waals surface area contributed by atoms with Gasteiger partial charge < -0.3 is 16.4 Å². The van der Waals surface area contributed by atoms with Crippen LogP contribution < -0.4 is 16.4 Å². The number of nitrogens with one attached hydrogen (secondary N) is 2. The Balaban J connectivity index is 3.42. The Bertz CT molecular complexity index is 547. The lowest BCUT2D eigenvalue weighted by atomic mass is 10.1. The molecule has 4 N–H and O–H groups in total. The van der Waals surface area contributed by atoms with E-state index in [9.17, 15) is 9.59 Å². The van der Waals surface area contributed by atoms with Crippen LogP contribution in [0.15, 0.2) is 0 Å². The number of carbonyl (C=O) groups is 2. The average Bonchev–Trinajstić information content (AvgIpc) is 2.35. The highest BCUT2D eigenvalue weighted by molar-refractivity contribution is 14.1. The van der Waals surface area contributed by atoms with Gasteiger partial charge in [0.05, 0.1) is 34.2 Å². The van der Waals surface area contributed by atoms with Gasteiger partial charge >= 0.3 is 0 Å². The van der Waals surface area contributed by atoms with E-state index in [4.69, 9.17) is 5.73 Å². The third-order valence-corrected chi connectivity index (χ3v) is 5.64. The number of hydrogen-bond donors (Lipinski definition) is 3. The quantitative estimate of drug-likeness (QED) is 0.367. The van der Waals surface area contributed by atoms with Crippen LogP contribution in [-0.4, -0.2) is 25.3 Å². The summed E-state index contributed by atoms with van der Waals surface area (Å²) >= 11 is 6.27. The third-order valence-electron chi connectivity index (χ3n) is 2.32. The molecule has 0 radical (unpaired) electrons. The zero-order valence-electron chi connectivity index (χ0n) is 10.2. The lowest BCUT2D eigenvalue weighted by Crippen LogP contribution is -2.23. The Kier molecular flexibility index (Phi) is 6.56. The van der Waals surface area contributed by atoms with Crippen molar-refractivity contribution in [2.24, 2.45) is 0 Å². The van der Waals surface area contributed by atoms with Crippen LogP contribution >= 0.6 is 67.8 Å². The molecule has 1 aromatic rings. The van der Waals surface area contributed by atoms with Crippen LogP contribution in [0, 0.1) is 10.7 Å². The van der Waals surface area contributed by atoms with Crippen LogP contribution in [0.2, 0.25) is 0 Å². The molecule has 0 spiro atoms. The van der Waals surface area contributed by atoms with Crippen LogP contribution in [0.5, 0.6) is 0 Å². The molecule has 0 aromatic heterocycles. The minimum absolute atomic E-state index is 0.0187. The highest BCUT2D eigenvalue weighted by Crippen LogP contribution is 2.36. The number of amides is 1. The van der Waals surface area contributed by atoms with E-state index in [1.165, 1.54) is 6.92 Å². The molecule has 1 rings (SSSR count). The van der Waals surface area contributed by atoms with Gasteiger partial charge in [0.25, 0.3) is 5.91 Å². The van der Waals surface area contributed by atoms with Gasteiger partial charge in [-0.15, -0.1) is 0 Å². The molecule has 8 heteroatoms. The first-order valence-electron chi connectivity index (χ1n) is 5.22. The summed E-state index contributed by atoms with van der Waals surface area (Å²) in [6.07, 6.45) is 0. The summed E-state index contributed by atoms with van der Waals surface area (Å²) in [5, 5.41) is 5.64. The van der Waals surface area contributed by atoms with E-state index in [0.717, 1.165) is 16.4 Å². The van der Waals surface area contributed by atoms with Gasteiger partial charge in [0.2, 0.25) is 0 Å². The molecule has 0 fully saturated rings. The maximum absolute atomic E-state index is 11.9. The zero-order chi connectivity index (χ0) is 14.7. The number of rotatable bonds is 4. The second-order valence-corrected chi connectivity index (χ2v) is 6.98. The van der Waals surface area contributed by atoms with E-state index in [1.807, 2.05) is 0 Å². The first-order valence-corrected chi connectivity index (χ1v) is 8.46. The predicted molar refractivity (Wildman–Crippen MR) is 102 cm³/mol. The van der Waals surface area contributed by atoms with Crippen LogP contribution in [0.4, 0.5) is 11.4 Å². The highest BCUT2D eigenvalue weighted by Gasteiger charge is 2.22. The summed E-state index contributed by atoms with van der Waals surface area (Å²) in [6, 6.07) is 0. The summed E-state index contributed by atoms with van der Waals surface area (Å²) in [7, 11) is 1.57. The van der Waals surface area contributed by atoms with E-state index < -0.39 is 0 Å². The van der Waals surface area contributed by atoms with E-state index in [2.05, 4.69) is 78.4 Å². The number of ketones is 1. The van der Waals surface area contributed by atoms with Gasteiger partial charge in [-0.3, -0.25) is 9.59 Å². The number of Topliss-reactive ketones (excluding diaryl/α,β-unsaturated/α-hetero) is 1. The Morgan fingerprint density at radius 1 is 1.16 bits per heavy atom. The topological polar surface area (TPSA) is 84.2 Å². The van der Waals surface area contributed by atoms with Crippen molar-refractivity contribution in [3.63, 3.8) is 0 Å². The van der Waals surface area contributed by atoms with Gasteiger partial charge in [0, 0.05) is 7.05 Å². The number of halogens is 3. The van der Waals surface area contributed by atoms with Crippen molar-refractivity contribution in [1.82, 2.24) is 5.32 Å². The molecule has 0 heterocycles. The Morgan fingerprint density at radius 2 is 1.74 bits per heavy atom. The molecule has 0 bridgehead atoms. The van der Waals surface area contributed by atoms with Crippen molar-refractivity contribution in [2.75, 3.05) is 24.6 Å². The van der Waals surface area contributed by atoms with Gasteiger partial charge in [0.1, 0.15) is 5.78 Å². The van der Waals surface area contributed by atoms with E-state index in [1.54, 1.807) is 7.05 Å². The Morgan fingerprint density at radius 3 is 2.21 bits per heavy atom. The molecule has 104 valence electrons. The van der Waals surface area contributed by atoms with Crippen LogP contribution in [0.25, 0.3) is 0 Å². The van der Waals surface area contributed by atoms with Crippen molar-refractivity contribution >= 4 is 90.8 Å². The van der Waals surface area contributed by atoms with Crippen molar-refractivity contribution in [3.05, 3.63) is 16.3 Å². The van der Waals surface area contributed by atoms with Gasteiger partial charge in [-0.1, -0.05) is 0 Å². The molecule has 0 atom stereocenters. The number of nitrogens with two attached hydrogens (primary N) is 1. The normalized spacial score (nSPS) is 10.2. The number of anilines is 2. The fraction of sp³-hybridized carbons (Fsp3) is 0.273. The Labute approximate surface area is 152 Å². The first kappa shape index (κ1) is 17.2. The molecule has 0 aliphatic heterocycles. The van der Waals surface area contributed by atoms with E-state index in [-0.39, 0.29) is 18.2 Å². The predicted octanol–water partition coefficient (Wildman–Crippen LogP) is 2.44. The SMILES string of the molecule is CNC(=O)c1c(I)c(N)c(I)c(NCC(C)=O)c1I. The molecule has 5 nitrogen and oxygen atoms in total. The average molecular weight is 599 g/mol. The van der Waals surface area contributed by atoms with Gasteiger partial charge in [0.15, 0.2) is 0 Å². The lowest BCUT2D eigenvalue weighted by Gasteiger charge is -2.17. The monoisotopic (exact) mass is 599 g/mol. The summed E-state index contributed by atoms with van der Waals surface area (Å²) in [4.78, 5) is 23.0. The van der Waals surface area contributed by atoms with Crippen molar-refractivity contribution < 1.29 is 9.59 Å². The fourth-order valence-electron chi connectivity index (χ4n) is 1.38. The number of nitrogen functional groups attached to an aromatic ring is 1. The second kappa shape index (κ2) is 7.24. The van der Waals surface area contributed by atoms with Gasteiger partial charge in [-0.25, -0.2) is 0 Å². The molecule has 1 aromatic carbocycles. The molecule has 19 heavy (non-hydrogen) atoms. The van der Waals surface area contributed by atoms with Crippen LogP contribution in [0.3, 0.4) is 0 Å². The standard InChI is InChI=1S/C11H12I3N3O2/c1-4(18)3-17-10-7(13)5(11(19)16-2)6(12)9(15)8(10)14/h17H,3,15H2,1-2H3,(H,16,19).